The summed E-state index contributed by atoms with van der Waals surface area (Å²) in [6.45, 7) is 4.65. The van der Waals surface area contributed by atoms with E-state index in [0.717, 1.165) is 17.7 Å². The Morgan fingerprint density at radius 1 is 1.03 bits per heavy atom. The fourth-order valence-corrected chi connectivity index (χ4v) is 2.88. The van der Waals surface area contributed by atoms with E-state index in [1.54, 1.807) is 12.3 Å². The zero-order chi connectivity index (χ0) is 21.0. The summed E-state index contributed by atoms with van der Waals surface area (Å²) in [5.74, 6) is -5.08. The lowest BCUT2D eigenvalue weighted by Gasteiger charge is -2.29. The zero-order valence-corrected chi connectivity index (χ0v) is 16.0. The predicted molar refractivity (Wildman–Crippen MR) is 106 cm³/mol. The number of benzene rings is 2. The molecule has 1 heterocycles. The van der Waals surface area contributed by atoms with Crippen LogP contribution in [0.1, 0.15) is 29.8 Å². The van der Waals surface area contributed by atoms with Crippen LogP contribution in [0.5, 0.6) is 0 Å². The van der Waals surface area contributed by atoms with E-state index in [1.165, 1.54) is 6.20 Å². The van der Waals surface area contributed by atoms with Crippen LogP contribution in [0.25, 0.3) is 0 Å². The number of nitrogens with one attached hydrogen (secondary N) is 1. The summed E-state index contributed by atoms with van der Waals surface area (Å²) in [5.41, 5.74) is 1.54. The fraction of sp³-hybridized carbons (Fsp3) is 0.182. The van der Waals surface area contributed by atoms with Gasteiger partial charge in [-0.15, -0.1) is 0 Å². The van der Waals surface area contributed by atoms with E-state index in [9.17, 15) is 18.0 Å². The highest BCUT2D eigenvalue weighted by molar-refractivity contribution is 6.04. The molecule has 0 aliphatic carbocycles. The maximum Gasteiger partial charge on any atom is 0.257 e. The molecule has 150 valence electrons. The minimum absolute atomic E-state index is 0.124. The largest absolute Gasteiger partial charge is 0.364 e. The van der Waals surface area contributed by atoms with Crippen molar-refractivity contribution in [3.63, 3.8) is 0 Å². The minimum atomic E-state index is -1.64. The molecule has 0 atom stereocenters. The van der Waals surface area contributed by atoms with Gasteiger partial charge in [-0.2, -0.15) is 0 Å². The van der Waals surface area contributed by atoms with Gasteiger partial charge in [-0.25, -0.2) is 13.2 Å². The molecule has 0 unspecified atom stereocenters. The van der Waals surface area contributed by atoms with Crippen LogP contribution in [0.3, 0.4) is 0 Å². The number of carbonyl (C=O) groups excluding carboxylic acids is 1. The first-order valence-electron chi connectivity index (χ1n) is 9.07. The third-order valence-electron chi connectivity index (χ3n) is 4.42. The average Bonchev–Trinajstić information content (AvgIpc) is 2.73. The highest BCUT2D eigenvalue weighted by atomic mass is 19.2. The van der Waals surface area contributed by atoms with Crippen molar-refractivity contribution in [2.75, 3.05) is 10.2 Å². The van der Waals surface area contributed by atoms with Crippen molar-refractivity contribution in [1.82, 2.24) is 4.98 Å². The summed E-state index contributed by atoms with van der Waals surface area (Å²) in [5, 5.41) is 2.26. The number of hydrogen-bond acceptors (Lipinski definition) is 3. The number of rotatable bonds is 6. The molecule has 0 saturated heterocycles. The molecule has 1 aromatic heterocycles. The predicted octanol–water partition coefficient (Wildman–Crippen LogP) is 5.17. The van der Waals surface area contributed by atoms with Crippen molar-refractivity contribution in [2.45, 2.75) is 26.4 Å². The lowest BCUT2D eigenvalue weighted by molar-refractivity contribution is 0.102. The summed E-state index contributed by atoms with van der Waals surface area (Å²) in [7, 11) is 0. The molecule has 0 saturated carbocycles. The third kappa shape index (κ3) is 4.74. The fourth-order valence-electron chi connectivity index (χ4n) is 2.88. The average molecular weight is 399 g/mol. The van der Waals surface area contributed by atoms with Gasteiger partial charge in [0.1, 0.15) is 0 Å². The molecular weight excluding hydrogens is 379 g/mol. The number of halogens is 3. The Morgan fingerprint density at radius 2 is 1.76 bits per heavy atom. The van der Waals surface area contributed by atoms with Gasteiger partial charge in [-0.05, 0) is 37.6 Å². The van der Waals surface area contributed by atoms with E-state index in [2.05, 4.69) is 15.2 Å². The van der Waals surface area contributed by atoms with E-state index in [4.69, 9.17) is 0 Å². The molecule has 2 aromatic carbocycles. The van der Waals surface area contributed by atoms with Crippen molar-refractivity contribution >= 4 is 17.3 Å². The second-order valence-corrected chi connectivity index (χ2v) is 6.82. The SMILES string of the molecule is CC(C)N(Cc1ccccc1)c1cncc(C(=O)Nc2ccc(F)c(F)c2F)c1. The summed E-state index contributed by atoms with van der Waals surface area (Å²) < 4.78 is 40.3. The lowest BCUT2D eigenvalue weighted by Crippen LogP contribution is -2.30. The zero-order valence-electron chi connectivity index (χ0n) is 16.0. The smallest absolute Gasteiger partial charge is 0.257 e. The second-order valence-electron chi connectivity index (χ2n) is 6.82. The van der Waals surface area contributed by atoms with Crippen LogP contribution in [0.15, 0.2) is 60.9 Å². The van der Waals surface area contributed by atoms with Gasteiger partial charge in [-0.3, -0.25) is 9.78 Å². The Balaban J connectivity index is 1.84. The van der Waals surface area contributed by atoms with Gasteiger partial charge in [-0.1, -0.05) is 30.3 Å². The monoisotopic (exact) mass is 399 g/mol. The molecular formula is C22H20F3N3O. The first kappa shape index (κ1) is 20.4. The van der Waals surface area contributed by atoms with Crippen molar-refractivity contribution in [3.05, 3.63) is 89.5 Å². The Bertz CT molecular complexity index is 1010. The Labute approximate surface area is 167 Å². The van der Waals surface area contributed by atoms with Gasteiger partial charge >= 0.3 is 0 Å². The number of nitrogens with zero attached hydrogens (tertiary/aromatic N) is 2. The maximum atomic E-state index is 13.8. The Kier molecular flexibility index (Phi) is 6.16. The van der Waals surface area contributed by atoms with Crippen LogP contribution in [0.4, 0.5) is 24.5 Å². The molecule has 4 nitrogen and oxygen atoms in total. The molecule has 0 bridgehead atoms. The Morgan fingerprint density at radius 3 is 2.45 bits per heavy atom. The number of amides is 1. The molecule has 29 heavy (non-hydrogen) atoms. The van der Waals surface area contributed by atoms with Gasteiger partial charge in [0.2, 0.25) is 0 Å². The van der Waals surface area contributed by atoms with Crippen molar-refractivity contribution in [2.24, 2.45) is 0 Å². The quantitative estimate of drug-likeness (QED) is 0.582. The normalized spacial score (nSPS) is 10.8. The van der Waals surface area contributed by atoms with Gasteiger partial charge in [0, 0.05) is 18.8 Å². The minimum Gasteiger partial charge on any atom is -0.364 e. The molecule has 0 aliphatic heterocycles. The van der Waals surface area contributed by atoms with Gasteiger partial charge < -0.3 is 10.2 Å². The van der Waals surface area contributed by atoms with Gasteiger partial charge in [0.15, 0.2) is 17.5 Å². The van der Waals surface area contributed by atoms with E-state index in [1.807, 2.05) is 44.2 Å². The van der Waals surface area contributed by atoms with E-state index < -0.39 is 29.0 Å². The molecule has 1 amide bonds. The third-order valence-corrected chi connectivity index (χ3v) is 4.42. The number of anilines is 2. The number of aromatic nitrogens is 1. The van der Waals surface area contributed by atoms with Crippen molar-refractivity contribution in [3.8, 4) is 0 Å². The van der Waals surface area contributed by atoms with Crippen LogP contribution in [0, 0.1) is 17.5 Å². The molecule has 7 heteroatoms. The molecule has 0 aliphatic rings. The summed E-state index contributed by atoms with van der Waals surface area (Å²) in [6, 6.07) is 13.3. The maximum absolute atomic E-state index is 13.8. The van der Waals surface area contributed by atoms with Crippen molar-refractivity contribution in [1.29, 1.82) is 0 Å². The lowest BCUT2D eigenvalue weighted by atomic mass is 10.1. The highest BCUT2D eigenvalue weighted by Gasteiger charge is 2.18. The van der Waals surface area contributed by atoms with E-state index >= 15 is 0 Å². The van der Waals surface area contributed by atoms with Crippen LogP contribution >= 0.6 is 0 Å². The first-order chi connectivity index (χ1) is 13.9. The van der Waals surface area contributed by atoms with Crippen LogP contribution < -0.4 is 10.2 Å². The highest BCUT2D eigenvalue weighted by Crippen LogP contribution is 2.23. The molecule has 3 rings (SSSR count). The van der Waals surface area contributed by atoms with Crippen molar-refractivity contribution < 1.29 is 18.0 Å². The van der Waals surface area contributed by atoms with Crippen LogP contribution in [-0.2, 0) is 6.54 Å². The molecule has 0 fully saturated rings. The van der Waals surface area contributed by atoms with Crippen LogP contribution in [0.2, 0.25) is 0 Å². The van der Waals surface area contributed by atoms with Crippen LogP contribution in [-0.4, -0.2) is 16.9 Å². The molecule has 3 aromatic rings. The number of carbonyl (C=O) groups is 1. The second kappa shape index (κ2) is 8.77. The number of pyridine rings is 1. The first-order valence-corrected chi connectivity index (χ1v) is 9.07. The summed E-state index contributed by atoms with van der Waals surface area (Å²) >= 11 is 0. The van der Waals surface area contributed by atoms with E-state index in [0.29, 0.717) is 12.2 Å². The topological polar surface area (TPSA) is 45.2 Å². The number of hydrogen-bond donors (Lipinski definition) is 1. The molecule has 0 radical (unpaired) electrons. The molecule has 0 spiro atoms. The molecule has 1 N–H and O–H groups in total. The summed E-state index contributed by atoms with van der Waals surface area (Å²) in [4.78, 5) is 18.7. The van der Waals surface area contributed by atoms with E-state index in [-0.39, 0.29) is 11.6 Å². The van der Waals surface area contributed by atoms with Gasteiger partial charge in [0.05, 0.1) is 23.1 Å². The van der Waals surface area contributed by atoms with Gasteiger partial charge in [0.25, 0.3) is 5.91 Å². The summed E-state index contributed by atoms with van der Waals surface area (Å²) in [6.07, 6.45) is 2.97. The standard InChI is InChI=1S/C22H20F3N3O/c1-14(2)28(13-15-6-4-3-5-7-15)17-10-16(11-26-12-17)22(29)27-19-9-8-18(23)20(24)21(19)25/h3-12,14H,13H2,1-2H3,(H,27,29). The Hall–Kier alpha value is -3.35.